The van der Waals surface area contributed by atoms with Crippen molar-refractivity contribution in [1.82, 2.24) is 19.6 Å². The first kappa shape index (κ1) is 70.9. The highest BCUT2D eigenvalue weighted by molar-refractivity contribution is 4.84. The summed E-state index contributed by atoms with van der Waals surface area (Å²) in [6.07, 6.45) is 77.1. The molecule has 4 heteroatoms. The Hall–Kier alpha value is -0.160. The minimum absolute atomic E-state index is 0.612. The third-order valence-corrected chi connectivity index (χ3v) is 17.5. The van der Waals surface area contributed by atoms with Crippen LogP contribution in [0.4, 0.5) is 0 Å². The molecule has 1 heterocycles. The summed E-state index contributed by atoms with van der Waals surface area (Å²) in [5.74, 6) is 0. The van der Waals surface area contributed by atoms with Gasteiger partial charge in [0, 0.05) is 32.7 Å². The zero-order valence-electron chi connectivity index (χ0n) is 51.9. The van der Waals surface area contributed by atoms with Crippen LogP contribution in [0.3, 0.4) is 0 Å². The summed E-state index contributed by atoms with van der Waals surface area (Å²) in [6, 6.07) is 0. The van der Waals surface area contributed by atoms with Crippen LogP contribution in [0.2, 0.25) is 0 Å². The van der Waals surface area contributed by atoms with Gasteiger partial charge >= 0.3 is 0 Å². The Morgan fingerprint density at radius 2 is 0.493 bits per heavy atom. The van der Waals surface area contributed by atoms with E-state index in [0.717, 1.165) is 0 Å². The summed E-state index contributed by atoms with van der Waals surface area (Å²) in [5.41, 5.74) is 0. The molecule has 1 fully saturated rings. The second-order valence-corrected chi connectivity index (χ2v) is 24.7. The van der Waals surface area contributed by atoms with Crippen molar-refractivity contribution in [3.63, 3.8) is 0 Å². The van der Waals surface area contributed by atoms with E-state index in [4.69, 9.17) is 0 Å². The summed E-state index contributed by atoms with van der Waals surface area (Å²) in [7, 11) is 0. The maximum absolute atomic E-state index is 3.06. The number of rotatable bonds is 62. The standard InChI is InChI=1S/C69H142N4/c1-6-11-16-21-26-31-36-38-43-48-53-58-63-73-67-66-71(65-64-70(59-54-49-44-39-33-28-23-18-13-8-3)60-55-50-45-40-37-32-27-22-17-12-7-2)68-69(73)72(61-56-51-46-41-34-29-24-19-14-9-4)62-57-52-47-42-35-30-25-20-15-10-5/h69H,6-68H2,1-5H3. The van der Waals surface area contributed by atoms with Crippen LogP contribution < -0.4 is 0 Å². The Labute approximate surface area is 464 Å². The van der Waals surface area contributed by atoms with Crippen LogP contribution in [-0.2, 0) is 0 Å². The fraction of sp³-hybridized carbons (Fsp3) is 1.00. The van der Waals surface area contributed by atoms with Crippen LogP contribution >= 0.6 is 0 Å². The maximum Gasteiger partial charge on any atom is 0.0754 e. The Kier molecular flexibility index (Phi) is 57.8. The molecule has 0 aromatic rings. The number of hydrogen-bond donors (Lipinski definition) is 0. The topological polar surface area (TPSA) is 13.0 Å². The van der Waals surface area contributed by atoms with Crippen LogP contribution in [0.5, 0.6) is 0 Å². The summed E-state index contributed by atoms with van der Waals surface area (Å²) < 4.78 is 0. The Bertz CT molecular complexity index is 979. The van der Waals surface area contributed by atoms with E-state index in [-0.39, 0.29) is 0 Å². The van der Waals surface area contributed by atoms with Gasteiger partial charge in [-0.25, -0.2) is 0 Å². The molecule has 1 aliphatic heterocycles. The third-order valence-electron chi connectivity index (χ3n) is 17.5. The summed E-state index contributed by atoms with van der Waals surface area (Å²) in [6.45, 7) is 24.8. The fourth-order valence-corrected chi connectivity index (χ4v) is 12.3. The van der Waals surface area contributed by atoms with E-state index in [1.54, 1.807) is 0 Å². The molecule has 1 saturated heterocycles. The zero-order chi connectivity index (χ0) is 52.4. The molecule has 1 rings (SSSR count). The van der Waals surface area contributed by atoms with E-state index in [2.05, 4.69) is 54.2 Å². The highest BCUT2D eigenvalue weighted by atomic mass is 15.4. The Morgan fingerprint density at radius 1 is 0.247 bits per heavy atom. The van der Waals surface area contributed by atoms with E-state index >= 15 is 0 Å². The molecule has 0 radical (unpaired) electrons. The van der Waals surface area contributed by atoms with Gasteiger partial charge in [0.25, 0.3) is 0 Å². The first-order valence-electron chi connectivity index (χ1n) is 35.1. The number of piperazine rings is 1. The third kappa shape index (κ3) is 48.7. The normalized spacial score (nSPS) is 14.8. The highest BCUT2D eigenvalue weighted by Crippen LogP contribution is 2.22. The number of hydrogen-bond acceptors (Lipinski definition) is 4. The van der Waals surface area contributed by atoms with Crippen LogP contribution in [0.15, 0.2) is 0 Å². The smallest absolute Gasteiger partial charge is 0.0754 e. The minimum atomic E-state index is 0.612. The molecule has 1 aliphatic rings. The molecule has 0 spiro atoms. The van der Waals surface area contributed by atoms with Crippen molar-refractivity contribution >= 4 is 0 Å². The summed E-state index contributed by atoms with van der Waals surface area (Å²) in [5, 5.41) is 0. The number of nitrogens with zero attached hydrogens (tertiary/aromatic N) is 4. The second-order valence-electron chi connectivity index (χ2n) is 24.7. The maximum atomic E-state index is 3.06. The van der Waals surface area contributed by atoms with Crippen molar-refractivity contribution in [3.05, 3.63) is 0 Å². The fourth-order valence-electron chi connectivity index (χ4n) is 12.3. The van der Waals surface area contributed by atoms with Crippen LogP contribution in [0.1, 0.15) is 375 Å². The van der Waals surface area contributed by atoms with Crippen LogP contribution in [0, 0.1) is 0 Å². The summed E-state index contributed by atoms with van der Waals surface area (Å²) >= 11 is 0. The van der Waals surface area contributed by atoms with Gasteiger partial charge in [-0.05, 0) is 64.8 Å². The van der Waals surface area contributed by atoms with E-state index in [1.165, 1.54) is 406 Å². The Balaban J connectivity index is 2.95. The molecule has 438 valence electrons. The minimum Gasteiger partial charge on any atom is -0.302 e. The molecule has 0 amide bonds. The zero-order valence-corrected chi connectivity index (χ0v) is 51.9. The van der Waals surface area contributed by atoms with Gasteiger partial charge in [0.15, 0.2) is 0 Å². The average molecular weight is 1030 g/mol. The van der Waals surface area contributed by atoms with Gasteiger partial charge in [0.1, 0.15) is 0 Å². The van der Waals surface area contributed by atoms with Crippen molar-refractivity contribution in [2.24, 2.45) is 0 Å². The first-order valence-corrected chi connectivity index (χ1v) is 35.1. The molecule has 0 aliphatic carbocycles. The molecule has 0 aromatic heterocycles. The lowest BCUT2D eigenvalue weighted by atomic mass is 10.0. The second kappa shape index (κ2) is 59.5. The van der Waals surface area contributed by atoms with Crippen molar-refractivity contribution in [2.75, 3.05) is 65.4 Å². The molecular formula is C69H142N4. The SMILES string of the molecule is CCCCCCCCCCCCCCN1CCN(CCN(CCCCCCCCCCCC)CCCCCCCCCCCCC)CC1N(CCCCCCCCCCCC)CCCCCCCCCCCC. The predicted molar refractivity (Wildman–Crippen MR) is 333 cm³/mol. The largest absolute Gasteiger partial charge is 0.302 e. The van der Waals surface area contributed by atoms with Crippen molar-refractivity contribution in [2.45, 2.75) is 381 Å². The molecule has 73 heavy (non-hydrogen) atoms. The van der Waals surface area contributed by atoms with E-state index in [9.17, 15) is 0 Å². The highest BCUT2D eigenvalue weighted by Gasteiger charge is 2.31. The van der Waals surface area contributed by atoms with Gasteiger partial charge < -0.3 is 4.90 Å². The molecule has 0 bridgehead atoms. The lowest BCUT2D eigenvalue weighted by Crippen LogP contribution is -2.61. The molecular weight excluding hydrogens is 885 g/mol. The van der Waals surface area contributed by atoms with Gasteiger partial charge in [0.2, 0.25) is 0 Å². The monoisotopic (exact) mass is 1030 g/mol. The summed E-state index contributed by atoms with van der Waals surface area (Å²) in [4.78, 5) is 12.0. The van der Waals surface area contributed by atoms with Crippen molar-refractivity contribution < 1.29 is 0 Å². The number of unbranched alkanes of at least 4 members (excludes halogenated alkanes) is 48. The molecule has 1 atom stereocenters. The van der Waals surface area contributed by atoms with Crippen molar-refractivity contribution in [3.8, 4) is 0 Å². The van der Waals surface area contributed by atoms with Gasteiger partial charge in [0.05, 0.1) is 6.17 Å². The van der Waals surface area contributed by atoms with E-state index in [0.29, 0.717) is 6.17 Å². The predicted octanol–water partition coefficient (Wildman–Crippen LogP) is 22.3. The van der Waals surface area contributed by atoms with Gasteiger partial charge in [-0.1, -0.05) is 343 Å². The lowest BCUT2D eigenvalue weighted by Gasteiger charge is -2.47. The molecule has 1 unspecified atom stereocenters. The first-order chi connectivity index (χ1) is 36.2. The lowest BCUT2D eigenvalue weighted by molar-refractivity contribution is -0.0267. The Morgan fingerprint density at radius 3 is 0.781 bits per heavy atom. The van der Waals surface area contributed by atoms with E-state index < -0.39 is 0 Å². The van der Waals surface area contributed by atoms with Crippen molar-refractivity contribution in [1.29, 1.82) is 0 Å². The molecule has 4 nitrogen and oxygen atoms in total. The van der Waals surface area contributed by atoms with Crippen LogP contribution in [-0.4, -0.2) is 91.2 Å². The molecule has 0 N–H and O–H groups in total. The van der Waals surface area contributed by atoms with Gasteiger partial charge in [-0.15, -0.1) is 0 Å². The molecule has 0 saturated carbocycles. The van der Waals surface area contributed by atoms with Gasteiger partial charge in [-0.3, -0.25) is 14.7 Å². The van der Waals surface area contributed by atoms with Crippen LogP contribution in [0.25, 0.3) is 0 Å². The molecule has 0 aromatic carbocycles. The average Bonchev–Trinajstić information content (AvgIpc) is 3.40. The van der Waals surface area contributed by atoms with Gasteiger partial charge in [-0.2, -0.15) is 0 Å². The van der Waals surface area contributed by atoms with E-state index in [1.807, 2.05) is 0 Å². The quantitative estimate of drug-likeness (QED) is 0.0563.